The highest BCUT2D eigenvalue weighted by Gasteiger charge is 2.06. The molecule has 0 amide bonds. The highest BCUT2D eigenvalue weighted by Crippen LogP contribution is 2.20. The third kappa shape index (κ3) is 3.60. The number of hydrogen-bond donors (Lipinski definition) is 1. The van der Waals surface area contributed by atoms with Crippen molar-refractivity contribution in [2.75, 3.05) is 0 Å². The lowest BCUT2D eigenvalue weighted by molar-refractivity contribution is 0.193. The Bertz CT molecular complexity index is 477. The number of benzene rings is 2. The number of aliphatic hydroxyl groups is 1. The van der Waals surface area contributed by atoms with Crippen LogP contribution in [0.15, 0.2) is 54.6 Å². The molecule has 94 valence electrons. The van der Waals surface area contributed by atoms with Gasteiger partial charge in [0.25, 0.3) is 0 Å². The van der Waals surface area contributed by atoms with Gasteiger partial charge >= 0.3 is 0 Å². The van der Waals surface area contributed by atoms with E-state index in [1.165, 1.54) is 0 Å². The molecule has 0 saturated carbocycles. The molecule has 0 unspecified atom stereocenters. The van der Waals surface area contributed by atoms with Crippen LogP contribution in [0.5, 0.6) is 5.75 Å². The van der Waals surface area contributed by atoms with Crippen LogP contribution < -0.4 is 4.74 Å². The van der Waals surface area contributed by atoms with Gasteiger partial charge in [-0.15, -0.1) is 0 Å². The fourth-order valence-corrected chi connectivity index (χ4v) is 1.87. The molecule has 18 heavy (non-hydrogen) atoms. The Balaban J connectivity index is 2.05. The molecule has 0 radical (unpaired) electrons. The first-order valence-corrected chi connectivity index (χ1v) is 6.18. The lowest BCUT2D eigenvalue weighted by atomic mass is 10.1. The maximum absolute atomic E-state index is 9.46. The molecule has 2 heteroatoms. The van der Waals surface area contributed by atoms with Gasteiger partial charge in [-0.25, -0.2) is 0 Å². The summed E-state index contributed by atoms with van der Waals surface area (Å²) in [4.78, 5) is 0. The van der Waals surface area contributed by atoms with Gasteiger partial charge in [0.15, 0.2) is 0 Å². The van der Waals surface area contributed by atoms with E-state index >= 15 is 0 Å². The van der Waals surface area contributed by atoms with Gasteiger partial charge < -0.3 is 9.84 Å². The average Bonchev–Trinajstić information content (AvgIpc) is 2.38. The molecule has 1 N–H and O–H groups in total. The second-order valence-corrected chi connectivity index (χ2v) is 4.44. The SMILES string of the molecule is C[C@@H](O)Cc1ccccc1OCc1ccccc1. The summed E-state index contributed by atoms with van der Waals surface area (Å²) in [6.07, 6.45) is 0.261. The van der Waals surface area contributed by atoms with Gasteiger partial charge in [0.1, 0.15) is 12.4 Å². The summed E-state index contributed by atoms with van der Waals surface area (Å²) in [5.41, 5.74) is 2.19. The Hall–Kier alpha value is -1.80. The Morgan fingerprint density at radius 2 is 1.67 bits per heavy atom. The van der Waals surface area contributed by atoms with Crippen molar-refractivity contribution in [1.82, 2.24) is 0 Å². The fraction of sp³-hybridized carbons (Fsp3) is 0.250. The maximum Gasteiger partial charge on any atom is 0.123 e. The molecule has 2 rings (SSSR count). The smallest absolute Gasteiger partial charge is 0.123 e. The summed E-state index contributed by atoms with van der Waals surface area (Å²) in [6, 6.07) is 17.9. The van der Waals surface area contributed by atoms with Crippen molar-refractivity contribution in [2.45, 2.75) is 26.1 Å². The Kier molecular flexibility index (Phi) is 4.37. The molecule has 2 nitrogen and oxygen atoms in total. The van der Waals surface area contributed by atoms with Gasteiger partial charge in [0, 0.05) is 6.42 Å². The predicted molar refractivity (Wildman–Crippen MR) is 72.6 cm³/mol. The zero-order chi connectivity index (χ0) is 12.8. The lowest BCUT2D eigenvalue weighted by Crippen LogP contribution is -2.06. The molecule has 0 saturated heterocycles. The zero-order valence-corrected chi connectivity index (χ0v) is 10.5. The number of aliphatic hydroxyl groups excluding tert-OH is 1. The monoisotopic (exact) mass is 242 g/mol. The van der Waals surface area contributed by atoms with Gasteiger partial charge in [-0.2, -0.15) is 0 Å². The van der Waals surface area contributed by atoms with Gasteiger partial charge in [-0.05, 0) is 24.1 Å². The molecule has 0 aromatic heterocycles. The van der Waals surface area contributed by atoms with E-state index in [2.05, 4.69) is 0 Å². The summed E-state index contributed by atoms with van der Waals surface area (Å²) >= 11 is 0. The van der Waals surface area contributed by atoms with E-state index in [1.54, 1.807) is 6.92 Å². The molecule has 0 fully saturated rings. The summed E-state index contributed by atoms with van der Waals surface area (Å²) in [5.74, 6) is 0.849. The van der Waals surface area contributed by atoms with Crippen molar-refractivity contribution < 1.29 is 9.84 Å². The van der Waals surface area contributed by atoms with Crippen LogP contribution in [0.25, 0.3) is 0 Å². The number of hydrogen-bond acceptors (Lipinski definition) is 2. The molecule has 0 aliphatic carbocycles. The van der Waals surface area contributed by atoms with Crippen LogP contribution in [0, 0.1) is 0 Å². The normalized spacial score (nSPS) is 12.1. The quantitative estimate of drug-likeness (QED) is 0.872. The lowest BCUT2D eigenvalue weighted by Gasteiger charge is -2.12. The van der Waals surface area contributed by atoms with E-state index in [9.17, 15) is 5.11 Å². The minimum atomic E-state index is -0.355. The fourth-order valence-electron chi connectivity index (χ4n) is 1.87. The van der Waals surface area contributed by atoms with E-state index in [4.69, 9.17) is 4.74 Å². The largest absolute Gasteiger partial charge is 0.489 e. The Labute approximate surface area is 108 Å². The maximum atomic E-state index is 9.46. The van der Waals surface area contributed by atoms with Gasteiger partial charge in [0.2, 0.25) is 0 Å². The van der Waals surface area contributed by atoms with Crippen LogP contribution in [0.1, 0.15) is 18.1 Å². The second-order valence-electron chi connectivity index (χ2n) is 4.44. The van der Waals surface area contributed by atoms with Crippen molar-refractivity contribution in [3.05, 3.63) is 65.7 Å². The van der Waals surface area contributed by atoms with Gasteiger partial charge in [-0.3, -0.25) is 0 Å². The minimum absolute atomic E-state index is 0.355. The van der Waals surface area contributed by atoms with E-state index in [-0.39, 0.29) is 6.10 Å². The molecule has 0 bridgehead atoms. The topological polar surface area (TPSA) is 29.5 Å². The van der Waals surface area contributed by atoms with Crippen molar-refractivity contribution in [3.63, 3.8) is 0 Å². The first kappa shape index (κ1) is 12.7. The number of para-hydroxylation sites is 1. The molecule has 2 aromatic rings. The van der Waals surface area contributed by atoms with Crippen LogP contribution in [-0.2, 0) is 13.0 Å². The number of ether oxygens (including phenoxy) is 1. The zero-order valence-electron chi connectivity index (χ0n) is 10.5. The third-order valence-electron chi connectivity index (χ3n) is 2.73. The Morgan fingerprint density at radius 3 is 2.39 bits per heavy atom. The van der Waals surface area contributed by atoms with Crippen molar-refractivity contribution >= 4 is 0 Å². The molecule has 2 aromatic carbocycles. The van der Waals surface area contributed by atoms with E-state index in [0.717, 1.165) is 16.9 Å². The minimum Gasteiger partial charge on any atom is -0.489 e. The van der Waals surface area contributed by atoms with Crippen LogP contribution in [0.4, 0.5) is 0 Å². The van der Waals surface area contributed by atoms with E-state index in [1.807, 2.05) is 54.6 Å². The predicted octanol–water partition coefficient (Wildman–Crippen LogP) is 3.19. The molecule has 0 aliphatic rings. The van der Waals surface area contributed by atoms with Crippen molar-refractivity contribution in [1.29, 1.82) is 0 Å². The van der Waals surface area contributed by atoms with Gasteiger partial charge in [-0.1, -0.05) is 48.5 Å². The average molecular weight is 242 g/mol. The van der Waals surface area contributed by atoms with Crippen LogP contribution >= 0.6 is 0 Å². The van der Waals surface area contributed by atoms with Crippen LogP contribution in [0.2, 0.25) is 0 Å². The number of rotatable bonds is 5. The summed E-state index contributed by atoms with van der Waals surface area (Å²) in [6.45, 7) is 2.34. The van der Waals surface area contributed by atoms with E-state index < -0.39 is 0 Å². The first-order valence-electron chi connectivity index (χ1n) is 6.18. The van der Waals surface area contributed by atoms with Crippen LogP contribution in [0.3, 0.4) is 0 Å². The molecular weight excluding hydrogens is 224 g/mol. The molecule has 1 atom stereocenters. The highest BCUT2D eigenvalue weighted by molar-refractivity contribution is 5.34. The van der Waals surface area contributed by atoms with Crippen LogP contribution in [-0.4, -0.2) is 11.2 Å². The summed E-state index contributed by atoms with van der Waals surface area (Å²) in [7, 11) is 0. The van der Waals surface area contributed by atoms with Crippen molar-refractivity contribution in [2.24, 2.45) is 0 Å². The standard InChI is InChI=1S/C16H18O2/c1-13(17)11-15-9-5-6-10-16(15)18-12-14-7-3-2-4-8-14/h2-10,13,17H,11-12H2,1H3/t13-/m1/s1. The Morgan fingerprint density at radius 1 is 1.00 bits per heavy atom. The molecular formula is C16H18O2. The second kappa shape index (κ2) is 6.22. The summed E-state index contributed by atoms with van der Waals surface area (Å²) in [5, 5.41) is 9.46. The molecule has 0 aliphatic heterocycles. The van der Waals surface area contributed by atoms with Gasteiger partial charge in [0.05, 0.1) is 6.10 Å². The molecule has 0 heterocycles. The third-order valence-corrected chi connectivity index (χ3v) is 2.73. The van der Waals surface area contributed by atoms with Crippen molar-refractivity contribution in [3.8, 4) is 5.75 Å². The van der Waals surface area contributed by atoms with E-state index in [0.29, 0.717) is 13.0 Å². The highest BCUT2D eigenvalue weighted by atomic mass is 16.5. The first-order chi connectivity index (χ1) is 8.75. The summed E-state index contributed by atoms with van der Waals surface area (Å²) < 4.78 is 5.81. The molecule has 0 spiro atoms.